The van der Waals surface area contributed by atoms with E-state index in [2.05, 4.69) is 20.1 Å². The molecule has 2 aromatic carbocycles. The van der Waals surface area contributed by atoms with Crippen molar-refractivity contribution in [1.29, 1.82) is 0 Å². The lowest BCUT2D eigenvalue weighted by atomic mass is 9.85. The maximum Gasteiger partial charge on any atom is 0.414 e. The van der Waals surface area contributed by atoms with Crippen molar-refractivity contribution in [1.82, 2.24) is 19.7 Å². The van der Waals surface area contributed by atoms with Gasteiger partial charge in [0.25, 0.3) is 0 Å². The van der Waals surface area contributed by atoms with Gasteiger partial charge in [-0.1, -0.05) is 6.42 Å². The van der Waals surface area contributed by atoms with Gasteiger partial charge in [-0.15, -0.1) is 0 Å². The first-order chi connectivity index (χ1) is 17.9. The summed E-state index contributed by atoms with van der Waals surface area (Å²) in [6.45, 7) is 2.02. The number of nitrogens with zero attached hydrogens (tertiary/aromatic N) is 4. The molecule has 1 fully saturated rings. The molecule has 0 unspecified atom stereocenters. The van der Waals surface area contributed by atoms with Crippen molar-refractivity contribution < 1.29 is 19.4 Å². The third-order valence-corrected chi connectivity index (χ3v) is 7.88. The van der Waals surface area contributed by atoms with Crippen LogP contribution in [0.1, 0.15) is 50.6 Å². The van der Waals surface area contributed by atoms with Gasteiger partial charge in [-0.05, 0) is 69.4 Å². The zero-order chi connectivity index (χ0) is 25.7. The number of hydrogen-bond acceptors (Lipinski definition) is 6. The molecule has 0 bridgehead atoms. The number of nitrogens with one attached hydrogen (secondary N) is 2. The molecular formula is C27H30N6O4. The fourth-order valence-electron chi connectivity index (χ4n) is 6.00. The molecule has 3 heterocycles. The van der Waals surface area contributed by atoms with Gasteiger partial charge in [0, 0.05) is 28.7 Å². The number of aliphatic carboxylic acids is 1. The summed E-state index contributed by atoms with van der Waals surface area (Å²) in [5, 5.41) is 21.4. The Bertz CT molecular complexity index is 1510. The number of carbonyl (C=O) groups is 2. The minimum absolute atomic E-state index is 0.00416. The van der Waals surface area contributed by atoms with Crippen LogP contribution in [0.3, 0.4) is 0 Å². The first-order valence-electron chi connectivity index (χ1n) is 12.8. The number of imidazole rings is 1. The molecule has 10 heteroatoms. The van der Waals surface area contributed by atoms with Gasteiger partial charge in [0.15, 0.2) is 0 Å². The van der Waals surface area contributed by atoms with E-state index >= 15 is 0 Å². The monoisotopic (exact) mass is 502 g/mol. The van der Waals surface area contributed by atoms with E-state index in [9.17, 15) is 14.7 Å². The number of ether oxygens (including phenoxy) is 1. The molecule has 37 heavy (non-hydrogen) atoms. The number of fused-ring (bicyclic) bond motifs is 4. The van der Waals surface area contributed by atoms with Crippen molar-refractivity contribution >= 4 is 51.3 Å². The third-order valence-electron chi connectivity index (χ3n) is 7.88. The molecule has 3 atom stereocenters. The summed E-state index contributed by atoms with van der Waals surface area (Å²) in [7, 11) is 1.40. The van der Waals surface area contributed by atoms with Crippen molar-refractivity contribution in [3.8, 4) is 0 Å². The average Bonchev–Trinajstić information content (AvgIpc) is 3.52. The number of carboxylic acids is 1. The molecule has 4 aromatic rings. The zero-order valence-corrected chi connectivity index (χ0v) is 20.9. The second kappa shape index (κ2) is 9.10. The Morgan fingerprint density at radius 1 is 1.19 bits per heavy atom. The first kappa shape index (κ1) is 23.3. The third kappa shape index (κ3) is 3.96. The van der Waals surface area contributed by atoms with Crippen LogP contribution in [0.15, 0.2) is 36.5 Å². The maximum absolute atomic E-state index is 12.6. The molecule has 3 N–H and O–H groups in total. The van der Waals surface area contributed by atoms with Crippen LogP contribution in [0, 0.1) is 5.92 Å². The number of carboxylic acid groups (broad SMARTS) is 1. The molecule has 192 valence electrons. The Morgan fingerprint density at radius 2 is 2.05 bits per heavy atom. The van der Waals surface area contributed by atoms with Gasteiger partial charge in [0.2, 0.25) is 5.95 Å². The molecule has 0 radical (unpaired) electrons. The highest BCUT2D eigenvalue weighted by molar-refractivity contribution is 5.96. The maximum atomic E-state index is 12.6. The van der Waals surface area contributed by atoms with Crippen molar-refractivity contribution in [2.24, 2.45) is 5.92 Å². The van der Waals surface area contributed by atoms with Crippen LogP contribution < -0.4 is 10.2 Å². The van der Waals surface area contributed by atoms with Gasteiger partial charge >= 0.3 is 12.1 Å². The Labute approximate surface area is 213 Å². The van der Waals surface area contributed by atoms with E-state index in [4.69, 9.17) is 9.72 Å². The van der Waals surface area contributed by atoms with Crippen LogP contribution in [0.4, 0.5) is 22.1 Å². The Hall–Kier alpha value is -4.08. The number of methoxy groups -OCH3 is 1. The molecule has 2 aliphatic rings. The summed E-state index contributed by atoms with van der Waals surface area (Å²) in [5.41, 5.74) is 5.38. The summed E-state index contributed by atoms with van der Waals surface area (Å²) >= 11 is 0. The van der Waals surface area contributed by atoms with Gasteiger partial charge in [0.1, 0.15) is 0 Å². The van der Waals surface area contributed by atoms with Gasteiger partial charge in [-0.2, -0.15) is 5.10 Å². The summed E-state index contributed by atoms with van der Waals surface area (Å²) in [6, 6.07) is 9.96. The van der Waals surface area contributed by atoms with Crippen molar-refractivity contribution in [2.75, 3.05) is 17.3 Å². The van der Waals surface area contributed by atoms with Gasteiger partial charge in [-0.3, -0.25) is 14.8 Å². The van der Waals surface area contributed by atoms with Crippen LogP contribution in [0.25, 0.3) is 21.9 Å². The number of anilines is 3. The van der Waals surface area contributed by atoms with E-state index < -0.39 is 5.97 Å². The topological polar surface area (TPSA) is 125 Å². The van der Waals surface area contributed by atoms with Crippen LogP contribution in [-0.2, 0) is 16.0 Å². The zero-order valence-electron chi connectivity index (χ0n) is 20.9. The first-order valence-corrected chi connectivity index (χ1v) is 12.8. The largest absolute Gasteiger partial charge is 0.481 e. The molecule has 6 rings (SSSR count). The fourth-order valence-corrected chi connectivity index (χ4v) is 6.00. The van der Waals surface area contributed by atoms with E-state index in [0.29, 0.717) is 18.8 Å². The molecule has 1 amide bonds. The highest BCUT2D eigenvalue weighted by Crippen LogP contribution is 2.42. The second-order valence-corrected chi connectivity index (χ2v) is 10.1. The number of benzene rings is 2. The number of aryl methyl sites for hydroxylation is 1. The lowest BCUT2D eigenvalue weighted by Crippen LogP contribution is -2.42. The molecule has 10 nitrogen and oxygen atoms in total. The number of rotatable bonds is 4. The van der Waals surface area contributed by atoms with Gasteiger partial charge in [-0.25, -0.2) is 9.78 Å². The molecule has 1 aliphatic heterocycles. The Balaban J connectivity index is 1.49. The van der Waals surface area contributed by atoms with E-state index in [1.54, 1.807) is 11.1 Å². The minimum atomic E-state index is -0.742. The van der Waals surface area contributed by atoms with E-state index in [-0.39, 0.29) is 24.1 Å². The number of hydrogen-bond donors (Lipinski definition) is 3. The highest BCUT2D eigenvalue weighted by atomic mass is 16.5. The number of H-pyrrole nitrogens is 1. The molecule has 0 spiro atoms. The number of aromatic amines is 1. The van der Waals surface area contributed by atoms with Crippen molar-refractivity contribution in [2.45, 2.75) is 57.5 Å². The Kier molecular flexibility index (Phi) is 5.73. The molecule has 1 saturated carbocycles. The fraction of sp³-hybridized carbons (Fsp3) is 0.407. The van der Waals surface area contributed by atoms with E-state index in [0.717, 1.165) is 64.6 Å². The molecular weight excluding hydrogens is 472 g/mol. The van der Waals surface area contributed by atoms with Crippen LogP contribution in [0.2, 0.25) is 0 Å². The summed E-state index contributed by atoms with van der Waals surface area (Å²) in [4.78, 5) is 31.3. The lowest BCUT2D eigenvalue weighted by molar-refractivity contribution is -0.143. The number of amides is 1. The number of carbonyl (C=O) groups excluding carboxylic acids is 1. The quantitative estimate of drug-likeness (QED) is 0.342. The van der Waals surface area contributed by atoms with Crippen molar-refractivity contribution in [3.05, 3.63) is 42.1 Å². The second-order valence-electron chi connectivity index (χ2n) is 10.1. The minimum Gasteiger partial charge on any atom is -0.481 e. The smallest absolute Gasteiger partial charge is 0.414 e. The van der Waals surface area contributed by atoms with Crippen LogP contribution >= 0.6 is 0 Å². The van der Waals surface area contributed by atoms with E-state index in [1.165, 1.54) is 7.11 Å². The normalized spacial score (nSPS) is 21.7. The number of aromatic nitrogens is 4. The van der Waals surface area contributed by atoms with Gasteiger partial charge in [0.05, 0.1) is 41.5 Å². The van der Waals surface area contributed by atoms with E-state index in [1.807, 2.05) is 37.3 Å². The summed E-state index contributed by atoms with van der Waals surface area (Å²) in [5.74, 6) is -0.450. The predicted octanol–water partition coefficient (Wildman–Crippen LogP) is 5.38. The predicted molar refractivity (Wildman–Crippen MR) is 140 cm³/mol. The Morgan fingerprint density at radius 3 is 2.86 bits per heavy atom. The van der Waals surface area contributed by atoms with Crippen molar-refractivity contribution in [3.63, 3.8) is 0 Å². The highest BCUT2D eigenvalue weighted by Gasteiger charge is 2.34. The van der Waals surface area contributed by atoms with Gasteiger partial charge < -0.3 is 19.7 Å². The standard InChI is InChI=1S/C27H30N6O4/c1-15-6-9-20-22(32(15)27(36)37-2)10-11-23-24(20)30-26(29-18-8-7-17-14-28-31-21(17)13-18)33(23)19-5-3-4-16(12-19)25(34)35/h7-8,10-11,13-16,19H,3-6,9,12H2,1-2H3,(H,28,31)(H,29,30)(H,34,35)/t15-,16+,19+/m0/s1. The summed E-state index contributed by atoms with van der Waals surface area (Å²) < 4.78 is 7.25. The molecule has 0 saturated heterocycles. The SMILES string of the molecule is COC(=O)N1c2ccc3c(nc(Nc4ccc5cn[nH]c5c4)n3[C@@H]3CCC[C@@H](C(=O)O)C3)c2CC[C@@H]1C. The lowest BCUT2D eigenvalue weighted by Gasteiger charge is -2.34. The molecule has 2 aromatic heterocycles. The summed E-state index contributed by atoms with van der Waals surface area (Å²) in [6.07, 6.45) is 5.97. The van der Waals surface area contributed by atoms with Crippen LogP contribution in [0.5, 0.6) is 0 Å². The molecule has 1 aliphatic carbocycles. The average molecular weight is 503 g/mol. The van der Waals surface area contributed by atoms with Crippen LogP contribution in [-0.4, -0.2) is 50.1 Å².